The lowest BCUT2D eigenvalue weighted by Crippen LogP contribution is -2.41. The van der Waals surface area contributed by atoms with Gasteiger partial charge < -0.3 is 4.42 Å². The number of nitrogens with one attached hydrogen (secondary N) is 2. The number of aromatic nitrogens is 1. The smallest absolute Gasteiger partial charge is 0.270 e. The third kappa shape index (κ3) is 4.16. The standard InChI is InChI=1S/C23H16BrN3O3/c24-19-13-7-6-12-18(19)22(29)27-26-21(28)16-10-4-5-11-17(16)23-25-14-20(30-23)15-8-2-1-3-9-15/h1-14H,(H,26,28)(H,27,29). The van der Waals surface area contributed by atoms with Gasteiger partial charge in [0, 0.05) is 15.6 Å². The van der Waals surface area contributed by atoms with E-state index in [-0.39, 0.29) is 0 Å². The van der Waals surface area contributed by atoms with Gasteiger partial charge in [0.25, 0.3) is 11.8 Å². The fourth-order valence-corrected chi connectivity index (χ4v) is 3.36. The van der Waals surface area contributed by atoms with Crippen LogP contribution in [0.15, 0.2) is 93.9 Å². The summed E-state index contributed by atoms with van der Waals surface area (Å²) in [7, 11) is 0. The highest BCUT2D eigenvalue weighted by Crippen LogP contribution is 2.28. The minimum atomic E-state index is -0.481. The van der Waals surface area contributed by atoms with Crippen LogP contribution in [-0.4, -0.2) is 16.8 Å². The number of amides is 2. The Morgan fingerprint density at radius 1 is 0.767 bits per heavy atom. The lowest BCUT2D eigenvalue weighted by atomic mass is 10.1. The maximum absolute atomic E-state index is 12.7. The first-order valence-corrected chi connectivity index (χ1v) is 9.88. The summed E-state index contributed by atoms with van der Waals surface area (Å²) >= 11 is 3.32. The van der Waals surface area contributed by atoms with Gasteiger partial charge in [-0.15, -0.1) is 0 Å². The van der Waals surface area contributed by atoms with Crippen molar-refractivity contribution in [1.29, 1.82) is 0 Å². The summed E-state index contributed by atoms with van der Waals surface area (Å²) in [6.45, 7) is 0. The van der Waals surface area contributed by atoms with Crippen LogP contribution >= 0.6 is 15.9 Å². The Labute approximate surface area is 181 Å². The van der Waals surface area contributed by atoms with Crippen molar-refractivity contribution in [1.82, 2.24) is 15.8 Å². The first-order valence-electron chi connectivity index (χ1n) is 9.09. The van der Waals surface area contributed by atoms with E-state index < -0.39 is 11.8 Å². The van der Waals surface area contributed by atoms with E-state index in [2.05, 4.69) is 31.8 Å². The molecule has 148 valence electrons. The normalized spacial score (nSPS) is 10.4. The third-order valence-corrected chi connectivity index (χ3v) is 5.07. The van der Waals surface area contributed by atoms with Gasteiger partial charge in [0.15, 0.2) is 5.76 Å². The van der Waals surface area contributed by atoms with Gasteiger partial charge in [-0.1, -0.05) is 54.6 Å². The number of carbonyl (C=O) groups is 2. The number of oxazole rings is 1. The summed E-state index contributed by atoms with van der Waals surface area (Å²) < 4.78 is 6.50. The molecule has 0 atom stereocenters. The quantitative estimate of drug-likeness (QED) is 0.425. The number of rotatable bonds is 4. The molecule has 2 amide bonds. The molecule has 0 aliphatic carbocycles. The van der Waals surface area contributed by atoms with Crippen molar-refractivity contribution in [2.75, 3.05) is 0 Å². The first kappa shape index (κ1) is 19.6. The van der Waals surface area contributed by atoms with E-state index in [4.69, 9.17) is 4.42 Å². The highest BCUT2D eigenvalue weighted by atomic mass is 79.9. The average molecular weight is 462 g/mol. The second kappa shape index (κ2) is 8.75. The molecule has 0 saturated carbocycles. The molecule has 0 aliphatic heterocycles. The van der Waals surface area contributed by atoms with E-state index in [1.54, 1.807) is 54.7 Å². The molecule has 0 radical (unpaired) electrons. The summed E-state index contributed by atoms with van der Waals surface area (Å²) in [5.74, 6) is 0.000957. The van der Waals surface area contributed by atoms with Gasteiger partial charge in [-0.3, -0.25) is 20.4 Å². The molecule has 7 heteroatoms. The molecule has 6 nitrogen and oxygen atoms in total. The molecule has 0 saturated heterocycles. The SMILES string of the molecule is O=C(NNC(=O)c1ccccc1-c1ncc(-c2ccccc2)o1)c1ccccc1Br. The van der Waals surface area contributed by atoms with Crippen molar-refractivity contribution in [2.24, 2.45) is 0 Å². The van der Waals surface area contributed by atoms with Gasteiger partial charge >= 0.3 is 0 Å². The van der Waals surface area contributed by atoms with Crippen molar-refractivity contribution < 1.29 is 14.0 Å². The van der Waals surface area contributed by atoms with Crippen LogP contribution in [0.3, 0.4) is 0 Å². The predicted molar refractivity (Wildman–Crippen MR) is 116 cm³/mol. The van der Waals surface area contributed by atoms with E-state index in [9.17, 15) is 9.59 Å². The number of halogens is 1. The summed E-state index contributed by atoms with van der Waals surface area (Å²) in [4.78, 5) is 29.4. The number of nitrogens with zero attached hydrogens (tertiary/aromatic N) is 1. The second-order valence-corrected chi connectivity index (χ2v) is 7.18. The molecule has 30 heavy (non-hydrogen) atoms. The average Bonchev–Trinajstić information content (AvgIpc) is 3.28. The number of hydrogen-bond acceptors (Lipinski definition) is 4. The Bertz CT molecular complexity index is 1210. The molecule has 0 unspecified atom stereocenters. The molecule has 4 rings (SSSR count). The molecule has 3 aromatic carbocycles. The zero-order valence-electron chi connectivity index (χ0n) is 15.6. The minimum absolute atomic E-state index is 0.316. The van der Waals surface area contributed by atoms with Gasteiger partial charge in [0.1, 0.15) is 0 Å². The zero-order valence-corrected chi connectivity index (χ0v) is 17.2. The van der Waals surface area contributed by atoms with E-state index in [0.29, 0.717) is 32.8 Å². The van der Waals surface area contributed by atoms with Gasteiger partial charge in [-0.2, -0.15) is 0 Å². The lowest BCUT2D eigenvalue weighted by Gasteiger charge is -2.10. The molecule has 0 aliphatic rings. The van der Waals surface area contributed by atoms with Crippen LogP contribution in [0.1, 0.15) is 20.7 Å². The Hall–Kier alpha value is -3.71. The molecule has 0 fully saturated rings. The van der Waals surface area contributed by atoms with Crippen molar-refractivity contribution in [3.63, 3.8) is 0 Å². The summed E-state index contributed by atoms with van der Waals surface area (Å²) in [6.07, 6.45) is 1.62. The lowest BCUT2D eigenvalue weighted by molar-refractivity contribution is 0.0846. The molecule has 4 aromatic rings. The Morgan fingerprint density at radius 2 is 1.37 bits per heavy atom. The van der Waals surface area contributed by atoms with Gasteiger partial charge in [-0.25, -0.2) is 4.98 Å². The molecule has 0 spiro atoms. The topological polar surface area (TPSA) is 84.2 Å². The Balaban J connectivity index is 1.54. The summed E-state index contributed by atoms with van der Waals surface area (Å²) in [5.41, 5.74) is 7.02. The van der Waals surface area contributed by atoms with Crippen LogP contribution in [-0.2, 0) is 0 Å². The van der Waals surface area contributed by atoms with E-state index in [1.165, 1.54) is 0 Å². The maximum atomic E-state index is 12.7. The van der Waals surface area contributed by atoms with Gasteiger partial charge in [0.05, 0.1) is 17.3 Å². The molecule has 0 bridgehead atoms. The fraction of sp³-hybridized carbons (Fsp3) is 0. The van der Waals surface area contributed by atoms with Crippen molar-refractivity contribution >= 4 is 27.7 Å². The molecule has 1 aromatic heterocycles. The van der Waals surface area contributed by atoms with Crippen LogP contribution in [0.5, 0.6) is 0 Å². The number of hydrogen-bond donors (Lipinski definition) is 2. The highest BCUT2D eigenvalue weighted by Gasteiger charge is 2.18. The molecular formula is C23H16BrN3O3. The maximum Gasteiger partial charge on any atom is 0.270 e. The van der Waals surface area contributed by atoms with E-state index in [1.807, 2.05) is 30.3 Å². The fourth-order valence-electron chi connectivity index (χ4n) is 2.90. The summed E-state index contributed by atoms with van der Waals surface area (Å²) in [6, 6.07) is 23.4. The Morgan fingerprint density at radius 3 is 2.10 bits per heavy atom. The van der Waals surface area contributed by atoms with E-state index in [0.717, 1.165) is 5.56 Å². The second-order valence-electron chi connectivity index (χ2n) is 6.33. The highest BCUT2D eigenvalue weighted by molar-refractivity contribution is 9.10. The van der Waals surface area contributed by atoms with Crippen molar-refractivity contribution in [3.8, 4) is 22.8 Å². The van der Waals surface area contributed by atoms with Crippen LogP contribution in [0.4, 0.5) is 0 Å². The minimum Gasteiger partial charge on any atom is -0.436 e. The van der Waals surface area contributed by atoms with Crippen LogP contribution < -0.4 is 10.9 Å². The molecular weight excluding hydrogens is 446 g/mol. The van der Waals surface area contributed by atoms with Crippen molar-refractivity contribution in [3.05, 3.63) is 101 Å². The number of hydrazine groups is 1. The Kier molecular flexibility index (Phi) is 5.72. The monoisotopic (exact) mass is 461 g/mol. The molecule has 2 N–H and O–H groups in total. The zero-order chi connectivity index (χ0) is 20.9. The van der Waals surface area contributed by atoms with E-state index >= 15 is 0 Å². The molecule has 1 heterocycles. The predicted octanol–water partition coefficient (Wildman–Crippen LogP) is 4.85. The van der Waals surface area contributed by atoms with Gasteiger partial charge in [0.2, 0.25) is 5.89 Å². The third-order valence-electron chi connectivity index (χ3n) is 4.37. The van der Waals surface area contributed by atoms with Crippen LogP contribution in [0.2, 0.25) is 0 Å². The van der Waals surface area contributed by atoms with Crippen molar-refractivity contribution in [2.45, 2.75) is 0 Å². The summed E-state index contributed by atoms with van der Waals surface area (Å²) in [5, 5.41) is 0. The van der Waals surface area contributed by atoms with Gasteiger partial charge in [-0.05, 0) is 40.2 Å². The first-order chi connectivity index (χ1) is 14.6. The van der Waals surface area contributed by atoms with Crippen LogP contribution in [0.25, 0.3) is 22.8 Å². The largest absolute Gasteiger partial charge is 0.436 e. The number of benzene rings is 3. The number of carbonyl (C=O) groups excluding carboxylic acids is 2. The van der Waals surface area contributed by atoms with Crippen LogP contribution in [0, 0.1) is 0 Å².